The summed E-state index contributed by atoms with van der Waals surface area (Å²) >= 11 is 0. The highest BCUT2D eigenvalue weighted by Gasteiger charge is 2.15. The molecule has 0 radical (unpaired) electrons. The second kappa shape index (κ2) is 9.04. The highest BCUT2D eigenvalue weighted by Crippen LogP contribution is 2.12. The largest absolute Gasteiger partial charge is 1.00 e. The van der Waals surface area contributed by atoms with Crippen molar-refractivity contribution in [1.82, 2.24) is 4.90 Å². The molecule has 0 saturated heterocycles. The number of quaternary nitrogens is 1. The third-order valence-corrected chi connectivity index (χ3v) is 1.87. The second-order valence-electron chi connectivity index (χ2n) is 3.39. The van der Waals surface area contributed by atoms with Crippen molar-refractivity contribution >= 4 is 6.09 Å². The first kappa shape index (κ1) is 18.3. The number of H-pyrrole nitrogens is 1. The van der Waals surface area contributed by atoms with Gasteiger partial charge in [-0.15, -0.1) is 0 Å². The number of halogens is 2. The highest BCUT2D eigenvalue weighted by molar-refractivity contribution is 5.70. The summed E-state index contributed by atoms with van der Waals surface area (Å²) in [6.45, 7) is 0.747. The van der Waals surface area contributed by atoms with Crippen molar-refractivity contribution in [2.24, 2.45) is 0 Å². The van der Waals surface area contributed by atoms with Crippen LogP contribution in [0.15, 0.2) is 18.3 Å². The molecule has 1 amide bonds. The number of carbonyl (C=O) groups excluding carboxylic acids is 1. The van der Waals surface area contributed by atoms with Gasteiger partial charge in [0.2, 0.25) is 5.75 Å². The topological polar surface area (TPSA) is 60.3 Å². The summed E-state index contributed by atoms with van der Waals surface area (Å²) in [6, 6.07) is 3.58. The van der Waals surface area contributed by atoms with Gasteiger partial charge in [-0.25, -0.2) is 9.78 Å². The monoisotopic (exact) mass is 281 g/mol. The molecule has 7 heteroatoms. The molecule has 0 aliphatic rings. The fourth-order valence-corrected chi connectivity index (χ4v) is 1.10. The quantitative estimate of drug-likeness (QED) is 0.599. The molecule has 1 aromatic heterocycles. The van der Waals surface area contributed by atoms with Crippen LogP contribution in [0.4, 0.5) is 4.79 Å². The zero-order chi connectivity index (χ0) is 11.3. The van der Waals surface area contributed by atoms with E-state index in [2.05, 4.69) is 4.98 Å². The fourth-order valence-electron chi connectivity index (χ4n) is 1.10. The van der Waals surface area contributed by atoms with Gasteiger partial charge in [-0.3, -0.25) is 0 Å². The van der Waals surface area contributed by atoms with Crippen molar-refractivity contribution in [3.05, 3.63) is 24.0 Å². The summed E-state index contributed by atoms with van der Waals surface area (Å²) in [4.78, 5) is 15.8. The van der Waals surface area contributed by atoms with Crippen molar-refractivity contribution < 1.29 is 44.6 Å². The lowest BCUT2D eigenvalue weighted by Crippen LogP contribution is -3.00. The minimum absolute atomic E-state index is 0. The normalized spacial score (nSPS) is 8.65. The molecular formula is C10H17Cl2N3O2. The Labute approximate surface area is 113 Å². The van der Waals surface area contributed by atoms with Crippen molar-refractivity contribution in [2.45, 2.75) is 6.54 Å². The molecule has 17 heavy (non-hydrogen) atoms. The standard InChI is InChI=1S/C10H15N3O2.2ClH/c1-11-7-8-9(5-4-6-12-8)15-10(14)13(2)3;;/h4-6,11H,7H2,1-3H3;2*1H. The SMILES string of the molecule is C[NH2+]Cc1[nH+]cccc1OC(=O)N(C)C.[Cl-].[Cl-]. The third-order valence-electron chi connectivity index (χ3n) is 1.87. The lowest BCUT2D eigenvalue weighted by Gasteiger charge is -2.10. The van der Waals surface area contributed by atoms with Crippen LogP contribution in [0.5, 0.6) is 5.75 Å². The molecular weight excluding hydrogens is 265 g/mol. The molecule has 98 valence electrons. The third kappa shape index (κ3) is 5.72. The number of nitrogens with two attached hydrogens (primary N) is 1. The number of nitrogens with zero attached hydrogens (tertiary/aromatic N) is 1. The van der Waals surface area contributed by atoms with Crippen LogP contribution in [0.3, 0.4) is 0 Å². The van der Waals surface area contributed by atoms with E-state index in [0.717, 1.165) is 12.2 Å². The molecule has 1 heterocycles. The van der Waals surface area contributed by atoms with Crippen LogP contribution in [-0.2, 0) is 6.54 Å². The first-order valence-electron chi connectivity index (χ1n) is 4.81. The molecule has 1 rings (SSSR count). The molecule has 5 nitrogen and oxygen atoms in total. The summed E-state index contributed by atoms with van der Waals surface area (Å²) in [6.07, 6.45) is 1.44. The van der Waals surface area contributed by atoms with Crippen LogP contribution in [-0.4, -0.2) is 32.1 Å². The van der Waals surface area contributed by atoms with Crippen LogP contribution < -0.4 is 39.9 Å². The molecule has 0 fully saturated rings. The molecule has 0 spiro atoms. The number of rotatable bonds is 3. The van der Waals surface area contributed by atoms with Gasteiger partial charge < -0.3 is 39.8 Å². The van der Waals surface area contributed by atoms with E-state index in [-0.39, 0.29) is 30.9 Å². The van der Waals surface area contributed by atoms with E-state index in [1.165, 1.54) is 4.90 Å². The molecule has 0 aromatic carbocycles. The number of aromatic nitrogens is 1. The Bertz CT molecular complexity index is 348. The lowest BCUT2D eigenvalue weighted by atomic mass is 10.3. The first-order valence-corrected chi connectivity index (χ1v) is 4.81. The van der Waals surface area contributed by atoms with Crippen molar-refractivity contribution in [3.8, 4) is 5.75 Å². The Hall–Kier alpha value is -1.04. The average molecular weight is 282 g/mol. The summed E-state index contributed by atoms with van der Waals surface area (Å²) in [5.41, 5.74) is 0.898. The molecule has 1 aromatic rings. The Morgan fingerprint density at radius 1 is 1.47 bits per heavy atom. The summed E-state index contributed by atoms with van der Waals surface area (Å²) in [7, 11) is 5.26. The van der Waals surface area contributed by atoms with Gasteiger partial charge >= 0.3 is 6.09 Å². The number of aromatic amines is 1. The Morgan fingerprint density at radius 3 is 2.65 bits per heavy atom. The van der Waals surface area contributed by atoms with E-state index in [9.17, 15) is 4.79 Å². The number of nitrogens with one attached hydrogen (secondary N) is 1. The molecule has 0 unspecified atom stereocenters. The maximum atomic E-state index is 11.3. The highest BCUT2D eigenvalue weighted by atomic mass is 35.5. The molecule has 0 saturated carbocycles. The maximum absolute atomic E-state index is 11.3. The van der Waals surface area contributed by atoms with Gasteiger partial charge in [0, 0.05) is 20.2 Å². The molecule has 0 aliphatic heterocycles. The van der Waals surface area contributed by atoms with Crippen LogP contribution in [0.2, 0.25) is 0 Å². The van der Waals surface area contributed by atoms with E-state index in [1.807, 2.05) is 18.6 Å². The minimum atomic E-state index is -0.369. The average Bonchev–Trinajstić information content (AvgIpc) is 2.21. The summed E-state index contributed by atoms with van der Waals surface area (Å²) in [5, 5.41) is 2.00. The van der Waals surface area contributed by atoms with E-state index in [4.69, 9.17) is 4.74 Å². The molecule has 0 bridgehead atoms. The summed E-state index contributed by atoms with van der Waals surface area (Å²) < 4.78 is 5.20. The Balaban J connectivity index is 0. The predicted octanol–water partition coefficient (Wildman–Crippen LogP) is -6.74. The molecule has 0 atom stereocenters. The van der Waals surface area contributed by atoms with Gasteiger partial charge in [0.05, 0.1) is 7.05 Å². The predicted molar refractivity (Wildman–Crippen MR) is 54.3 cm³/mol. The van der Waals surface area contributed by atoms with Crippen LogP contribution in [0, 0.1) is 0 Å². The van der Waals surface area contributed by atoms with Gasteiger partial charge in [-0.2, -0.15) is 0 Å². The van der Waals surface area contributed by atoms with Crippen molar-refractivity contribution in [3.63, 3.8) is 0 Å². The first-order chi connectivity index (χ1) is 7.15. The van der Waals surface area contributed by atoms with Crippen molar-refractivity contribution in [2.75, 3.05) is 21.1 Å². The number of pyridine rings is 1. The molecule has 0 aliphatic carbocycles. The van der Waals surface area contributed by atoms with E-state index >= 15 is 0 Å². The number of hydrogen-bond acceptors (Lipinski definition) is 2. The Kier molecular flexibility index (Phi) is 9.74. The van der Waals surface area contributed by atoms with E-state index in [0.29, 0.717) is 5.75 Å². The smallest absolute Gasteiger partial charge is 0.414 e. The van der Waals surface area contributed by atoms with Crippen LogP contribution >= 0.6 is 0 Å². The van der Waals surface area contributed by atoms with Crippen LogP contribution in [0.1, 0.15) is 5.69 Å². The van der Waals surface area contributed by atoms with Gasteiger partial charge in [0.25, 0.3) is 5.69 Å². The fraction of sp³-hybridized carbons (Fsp3) is 0.400. The lowest BCUT2D eigenvalue weighted by molar-refractivity contribution is -0.656. The number of ether oxygens (including phenoxy) is 1. The zero-order valence-corrected chi connectivity index (χ0v) is 11.5. The zero-order valence-electron chi connectivity index (χ0n) is 10.0. The van der Waals surface area contributed by atoms with Gasteiger partial charge in [0.15, 0.2) is 12.7 Å². The summed E-state index contributed by atoms with van der Waals surface area (Å²) in [5.74, 6) is 0.578. The molecule has 3 N–H and O–H groups in total. The van der Waals surface area contributed by atoms with E-state index < -0.39 is 0 Å². The Morgan fingerprint density at radius 2 is 2.12 bits per heavy atom. The number of amides is 1. The number of hydrogen-bond donors (Lipinski definition) is 1. The minimum Gasteiger partial charge on any atom is -1.00 e. The van der Waals surface area contributed by atoms with Gasteiger partial charge in [-0.05, 0) is 6.07 Å². The van der Waals surface area contributed by atoms with Gasteiger partial charge in [-0.1, -0.05) is 0 Å². The van der Waals surface area contributed by atoms with Crippen molar-refractivity contribution in [1.29, 1.82) is 0 Å². The van der Waals surface area contributed by atoms with Crippen LogP contribution in [0.25, 0.3) is 0 Å². The number of carbonyl (C=O) groups is 1. The maximum Gasteiger partial charge on any atom is 0.414 e. The second-order valence-corrected chi connectivity index (χ2v) is 3.39. The van der Waals surface area contributed by atoms with E-state index in [1.54, 1.807) is 26.2 Å². The van der Waals surface area contributed by atoms with Gasteiger partial charge in [0.1, 0.15) is 0 Å².